The molecule has 0 N–H and O–H groups in total. The minimum absolute atomic E-state index is 0.532. The van der Waals surface area contributed by atoms with Crippen LogP contribution < -0.4 is 0 Å². The zero-order chi connectivity index (χ0) is 8.39. The Morgan fingerprint density at radius 1 is 1.00 bits per heavy atom. The fourth-order valence-corrected chi connectivity index (χ4v) is 2.39. The molecule has 2 rings (SSSR count). The van der Waals surface area contributed by atoms with Gasteiger partial charge in [0.05, 0.1) is 0 Å². The molecule has 0 aliphatic heterocycles. The van der Waals surface area contributed by atoms with Gasteiger partial charge in [0.15, 0.2) is 0 Å². The molecule has 0 aromatic rings. The number of Topliss-reactive ketones (excluding diaryl/α,β-unsaturated/α-hetero) is 1. The molecule has 2 fully saturated rings. The molecule has 2 aliphatic rings. The Morgan fingerprint density at radius 3 is 2.75 bits per heavy atom. The topological polar surface area (TPSA) is 17.1 Å². The summed E-state index contributed by atoms with van der Waals surface area (Å²) in [4.78, 5) is 11.3. The summed E-state index contributed by atoms with van der Waals surface area (Å²) in [6.07, 6.45) is 9.72. The minimum Gasteiger partial charge on any atom is -0.300 e. The average Bonchev–Trinajstić information content (AvgIpc) is 2.76. The second-order valence-electron chi connectivity index (χ2n) is 4.45. The summed E-state index contributed by atoms with van der Waals surface area (Å²) >= 11 is 0. The first-order chi connectivity index (χ1) is 5.86. The van der Waals surface area contributed by atoms with Crippen LogP contribution in [0.15, 0.2) is 0 Å². The highest BCUT2D eigenvalue weighted by Gasteiger charge is 2.37. The van der Waals surface area contributed by atoms with Gasteiger partial charge in [-0.1, -0.05) is 25.7 Å². The minimum atomic E-state index is 0.532. The third-order valence-electron chi connectivity index (χ3n) is 3.34. The lowest BCUT2D eigenvalue weighted by atomic mass is 10.0. The second kappa shape index (κ2) is 3.59. The number of hydrogen-bond donors (Lipinski definition) is 0. The van der Waals surface area contributed by atoms with Gasteiger partial charge < -0.3 is 0 Å². The van der Waals surface area contributed by atoms with E-state index in [2.05, 4.69) is 0 Å². The van der Waals surface area contributed by atoms with Gasteiger partial charge in [-0.2, -0.15) is 0 Å². The highest BCUT2D eigenvalue weighted by molar-refractivity contribution is 5.78. The molecule has 1 nitrogen and oxygen atoms in total. The van der Waals surface area contributed by atoms with E-state index in [0.717, 1.165) is 31.1 Å². The lowest BCUT2D eigenvalue weighted by molar-refractivity contribution is -0.119. The number of carbonyl (C=O) groups is 1. The Kier molecular flexibility index (Phi) is 2.48. The smallest absolute Gasteiger partial charge is 0.133 e. The van der Waals surface area contributed by atoms with Gasteiger partial charge in [0, 0.05) is 12.8 Å². The number of hydrogen-bond acceptors (Lipinski definition) is 1. The molecule has 12 heavy (non-hydrogen) atoms. The lowest BCUT2D eigenvalue weighted by Crippen LogP contribution is -2.01. The lowest BCUT2D eigenvalue weighted by Gasteiger charge is -2.05. The first-order valence-corrected chi connectivity index (χ1v) is 5.38. The fourth-order valence-electron chi connectivity index (χ4n) is 2.39. The van der Waals surface area contributed by atoms with Gasteiger partial charge in [-0.3, -0.25) is 4.79 Å². The standard InChI is InChI=1S/C11H18O/c12-11-6-4-2-1-3-5-9-7-10(9)8-11/h9-10H,1-8H2. The SMILES string of the molecule is O=C1CCCCCCC2CC2C1. The first kappa shape index (κ1) is 8.28. The van der Waals surface area contributed by atoms with Gasteiger partial charge in [-0.15, -0.1) is 0 Å². The first-order valence-electron chi connectivity index (χ1n) is 5.38. The van der Waals surface area contributed by atoms with Crippen molar-refractivity contribution in [2.24, 2.45) is 11.8 Å². The summed E-state index contributed by atoms with van der Waals surface area (Å²) in [5.41, 5.74) is 0. The predicted molar refractivity (Wildman–Crippen MR) is 48.9 cm³/mol. The zero-order valence-corrected chi connectivity index (χ0v) is 7.72. The summed E-state index contributed by atoms with van der Waals surface area (Å²) < 4.78 is 0. The molecule has 0 radical (unpaired) electrons. The molecule has 2 aliphatic carbocycles. The van der Waals surface area contributed by atoms with Gasteiger partial charge in [-0.05, 0) is 24.7 Å². The van der Waals surface area contributed by atoms with Gasteiger partial charge in [0.1, 0.15) is 5.78 Å². The van der Waals surface area contributed by atoms with Crippen LogP contribution in [0.5, 0.6) is 0 Å². The molecule has 0 aromatic carbocycles. The molecular formula is C11H18O. The monoisotopic (exact) mass is 166 g/mol. The molecule has 1 heteroatoms. The predicted octanol–water partition coefficient (Wildman–Crippen LogP) is 2.94. The Bertz CT molecular complexity index is 174. The van der Waals surface area contributed by atoms with Crippen molar-refractivity contribution in [1.82, 2.24) is 0 Å². The van der Waals surface area contributed by atoms with Crippen molar-refractivity contribution in [3.05, 3.63) is 0 Å². The van der Waals surface area contributed by atoms with E-state index in [9.17, 15) is 4.79 Å². The Hall–Kier alpha value is -0.330. The maximum Gasteiger partial charge on any atom is 0.133 e. The van der Waals surface area contributed by atoms with E-state index in [0.29, 0.717) is 5.78 Å². The van der Waals surface area contributed by atoms with Crippen LogP contribution in [0.25, 0.3) is 0 Å². The Morgan fingerprint density at radius 2 is 1.83 bits per heavy atom. The number of rotatable bonds is 0. The summed E-state index contributed by atoms with van der Waals surface area (Å²) in [6.45, 7) is 0. The Balaban J connectivity index is 1.82. The van der Waals surface area contributed by atoms with E-state index >= 15 is 0 Å². The van der Waals surface area contributed by atoms with Gasteiger partial charge in [0.2, 0.25) is 0 Å². The van der Waals surface area contributed by atoms with E-state index in [1.165, 1.54) is 32.1 Å². The van der Waals surface area contributed by atoms with Crippen molar-refractivity contribution >= 4 is 5.78 Å². The van der Waals surface area contributed by atoms with Gasteiger partial charge in [0.25, 0.3) is 0 Å². The Labute approximate surface area is 74.5 Å². The quantitative estimate of drug-likeness (QED) is 0.540. The van der Waals surface area contributed by atoms with Crippen molar-refractivity contribution in [3.8, 4) is 0 Å². The summed E-state index contributed by atoms with van der Waals surface area (Å²) in [5, 5.41) is 0. The average molecular weight is 166 g/mol. The van der Waals surface area contributed by atoms with E-state index < -0.39 is 0 Å². The van der Waals surface area contributed by atoms with Gasteiger partial charge >= 0.3 is 0 Å². The molecular weight excluding hydrogens is 148 g/mol. The molecule has 0 heterocycles. The molecule has 2 saturated carbocycles. The van der Waals surface area contributed by atoms with E-state index in [1.54, 1.807) is 0 Å². The maximum absolute atomic E-state index is 11.3. The molecule has 0 aromatic heterocycles. The highest BCUT2D eigenvalue weighted by Crippen LogP contribution is 2.45. The summed E-state index contributed by atoms with van der Waals surface area (Å²) in [7, 11) is 0. The highest BCUT2D eigenvalue weighted by atomic mass is 16.1. The molecule has 2 atom stereocenters. The van der Waals surface area contributed by atoms with Crippen molar-refractivity contribution in [2.75, 3.05) is 0 Å². The molecule has 2 unspecified atom stereocenters. The molecule has 0 bridgehead atoms. The third kappa shape index (κ3) is 2.09. The normalized spacial score (nSPS) is 37.2. The third-order valence-corrected chi connectivity index (χ3v) is 3.34. The van der Waals surface area contributed by atoms with Crippen LogP contribution in [0.4, 0.5) is 0 Å². The van der Waals surface area contributed by atoms with Crippen molar-refractivity contribution in [2.45, 2.75) is 51.4 Å². The van der Waals surface area contributed by atoms with Crippen molar-refractivity contribution in [1.29, 1.82) is 0 Å². The number of ketones is 1. The largest absolute Gasteiger partial charge is 0.300 e. The van der Waals surface area contributed by atoms with E-state index in [-0.39, 0.29) is 0 Å². The van der Waals surface area contributed by atoms with Crippen LogP contribution in [0.2, 0.25) is 0 Å². The van der Waals surface area contributed by atoms with Crippen LogP contribution in [-0.2, 0) is 4.79 Å². The number of carbonyl (C=O) groups excluding carboxylic acids is 1. The van der Waals surface area contributed by atoms with Crippen molar-refractivity contribution < 1.29 is 4.79 Å². The van der Waals surface area contributed by atoms with Crippen LogP contribution in [0.1, 0.15) is 51.4 Å². The van der Waals surface area contributed by atoms with E-state index in [1.807, 2.05) is 0 Å². The molecule has 0 saturated heterocycles. The maximum atomic E-state index is 11.3. The summed E-state index contributed by atoms with van der Waals surface area (Å²) in [5.74, 6) is 2.27. The second-order valence-corrected chi connectivity index (χ2v) is 4.45. The van der Waals surface area contributed by atoms with Gasteiger partial charge in [-0.25, -0.2) is 0 Å². The molecule has 0 amide bonds. The molecule has 68 valence electrons. The van der Waals surface area contributed by atoms with Crippen molar-refractivity contribution in [3.63, 3.8) is 0 Å². The number of fused-ring (bicyclic) bond motifs is 1. The zero-order valence-electron chi connectivity index (χ0n) is 7.72. The fraction of sp³-hybridized carbons (Fsp3) is 0.909. The van der Waals surface area contributed by atoms with Crippen LogP contribution >= 0.6 is 0 Å². The van der Waals surface area contributed by atoms with Crippen LogP contribution in [0.3, 0.4) is 0 Å². The summed E-state index contributed by atoms with van der Waals surface area (Å²) in [6, 6.07) is 0. The molecule has 0 spiro atoms. The van der Waals surface area contributed by atoms with Crippen LogP contribution in [0, 0.1) is 11.8 Å². The van der Waals surface area contributed by atoms with Crippen LogP contribution in [-0.4, -0.2) is 5.78 Å². The van der Waals surface area contributed by atoms with E-state index in [4.69, 9.17) is 0 Å².